The molecule has 3 nitrogen and oxygen atoms in total. The van der Waals surface area contributed by atoms with Crippen molar-refractivity contribution in [3.05, 3.63) is 42.2 Å². The van der Waals surface area contributed by atoms with Crippen LogP contribution in [-0.4, -0.2) is 12.5 Å². The molecule has 1 N–H and O–H groups in total. The molecule has 0 spiro atoms. The normalized spacial score (nSPS) is 19.2. The lowest BCUT2D eigenvalue weighted by atomic mass is 10.2. The second-order valence-corrected chi connectivity index (χ2v) is 3.52. The molecule has 0 amide bonds. The number of hydrogen-bond donors (Lipinski definition) is 1. The molecule has 1 aliphatic heterocycles. The van der Waals surface area contributed by atoms with Crippen LogP contribution >= 0.6 is 0 Å². The summed E-state index contributed by atoms with van der Waals surface area (Å²) in [6.45, 7) is 0. The zero-order valence-electron chi connectivity index (χ0n) is 8.61. The van der Waals surface area contributed by atoms with Crippen LogP contribution in [0, 0.1) is 0 Å². The summed E-state index contributed by atoms with van der Waals surface area (Å²) in [5, 5.41) is 2.75. The van der Waals surface area contributed by atoms with Crippen molar-refractivity contribution in [2.24, 2.45) is 0 Å². The molecule has 0 radical (unpaired) electrons. The fourth-order valence-electron chi connectivity index (χ4n) is 1.57. The number of carbonyl (C=O) groups excluding carboxylic acids is 1. The molecule has 1 atom stereocenters. The summed E-state index contributed by atoms with van der Waals surface area (Å²) in [5.74, 6) is 0. The predicted octanol–water partition coefficient (Wildman–Crippen LogP) is 2.11. The highest BCUT2D eigenvalue weighted by atomic mass is 19.4. The Kier molecular flexibility index (Phi) is 2.79. The molecular weight excluding hydrogens is 233 g/mol. The van der Waals surface area contributed by atoms with Crippen molar-refractivity contribution in [1.82, 2.24) is 5.32 Å². The number of nitrogens with one attached hydrogen (secondary N) is 1. The third-order valence-corrected chi connectivity index (χ3v) is 2.42. The molecule has 0 aromatic heterocycles. The van der Waals surface area contributed by atoms with Crippen LogP contribution in [0.5, 0.6) is 0 Å². The van der Waals surface area contributed by atoms with Gasteiger partial charge >= 0.3 is 6.18 Å². The van der Waals surface area contributed by atoms with Gasteiger partial charge < -0.3 is 10.2 Å². The lowest BCUT2D eigenvalue weighted by Crippen LogP contribution is -2.36. The van der Waals surface area contributed by atoms with Crippen molar-refractivity contribution in [3.8, 4) is 0 Å². The summed E-state index contributed by atoms with van der Waals surface area (Å²) >= 11 is 0. The summed E-state index contributed by atoms with van der Waals surface area (Å²) in [6, 6.07) is 4.64. The zero-order valence-corrected chi connectivity index (χ0v) is 8.61. The summed E-state index contributed by atoms with van der Waals surface area (Å²) in [6.07, 6.45) is -1.07. The van der Waals surface area contributed by atoms with Gasteiger partial charge in [-0.1, -0.05) is 0 Å². The molecule has 0 fully saturated rings. The van der Waals surface area contributed by atoms with Crippen LogP contribution in [0.4, 0.5) is 18.9 Å². The molecule has 1 unspecified atom stereocenters. The van der Waals surface area contributed by atoms with Crippen LogP contribution in [0.15, 0.2) is 36.7 Å². The van der Waals surface area contributed by atoms with E-state index in [9.17, 15) is 18.0 Å². The molecule has 0 bridgehead atoms. The lowest BCUT2D eigenvalue weighted by Gasteiger charge is -2.21. The van der Waals surface area contributed by atoms with Gasteiger partial charge in [0.05, 0.1) is 5.56 Å². The maximum Gasteiger partial charge on any atom is 0.416 e. The molecule has 1 aliphatic rings. The zero-order chi connectivity index (χ0) is 12.5. The summed E-state index contributed by atoms with van der Waals surface area (Å²) in [7, 11) is 0. The van der Waals surface area contributed by atoms with Crippen LogP contribution in [0.3, 0.4) is 0 Å². The molecule has 90 valence electrons. The monoisotopic (exact) mass is 242 g/mol. The largest absolute Gasteiger partial charge is 0.416 e. The first-order valence-corrected chi connectivity index (χ1v) is 4.86. The van der Waals surface area contributed by atoms with E-state index in [1.807, 2.05) is 0 Å². The van der Waals surface area contributed by atoms with Crippen LogP contribution in [0.25, 0.3) is 0 Å². The minimum atomic E-state index is -4.35. The number of anilines is 1. The van der Waals surface area contributed by atoms with Crippen molar-refractivity contribution in [2.75, 3.05) is 4.90 Å². The number of halogens is 3. The Hall–Kier alpha value is -1.98. The molecule has 1 aromatic carbocycles. The Morgan fingerprint density at radius 2 is 1.88 bits per heavy atom. The molecule has 0 saturated heterocycles. The Morgan fingerprint density at radius 3 is 2.41 bits per heavy atom. The molecular formula is C11H9F3N2O. The Balaban J connectivity index is 2.24. The van der Waals surface area contributed by atoms with E-state index in [1.165, 1.54) is 12.1 Å². The molecule has 0 saturated carbocycles. The quantitative estimate of drug-likeness (QED) is 0.806. The standard InChI is InChI=1S/C11H9F3N2O/c12-11(13,14)8-1-3-9(4-2-8)16-6-5-15-10(16)7-17/h1-7,10,15H. The highest BCUT2D eigenvalue weighted by Crippen LogP contribution is 2.31. The minimum Gasteiger partial charge on any atom is -0.364 e. The van der Waals surface area contributed by atoms with E-state index in [0.717, 1.165) is 12.1 Å². The van der Waals surface area contributed by atoms with Crippen molar-refractivity contribution in [2.45, 2.75) is 12.3 Å². The Labute approximate surface area is 95.5 Å². The number of nitrogens with zero attached hydrogens (tertiary/aromatic N) is 1. The van der Waals surface area contributed by atoms with Gasteiger partial charge in [-0.3, -0.25) is 4.79 Å². The molecule has 6 heteroatoms. The van der Waals surface area contributed by atoms with Crippen LogP contribution in [-0.2, 0) is 11.0 Å². The van der Waals surface area contributed by atoms with Gasteiger partial charge in [0.25, 0.3) is 0 Å². The van der Waals surface area contributed by atoms with Gasteiger partial charge in [-0.2, -0.15) is 13.2 Å². The van der Waals surface area contributed by atoms with Crippen molar-refractivity contribution in [3.63, 3.8) is 0 Å². The molecule has 0 aliphatic carbocycles. The second kappa shape index (κ2) is 4.12. The van der Waals surface area contributed by atoms with Gasteiger partial charge in [-0.25, -0.2) is 0 Å². The van der Waals surface area contributed by atoms with E-state index in [4.69, 9.17) is 0 Å². The number of hydrogen-bond acceptors (Lipinski definition) is 3. The molecule has 1 aromatic rings. The van der Waals surface area contributed by atoms with Gasteiger partial charge in [0.1, 0.15) is 0 Å². The molecule has 17 heavy (non-hydrogen) atoms. The first kappa shape index (κ1) is 11.5. The second-order valence-electron chi connectivity index (χ2n) is 3.52. The average Bonchev–Trinajstić information content (AvgIpc) is 2.76. The van der Waals surface area contributed by atoms with Gasteiger partial charge in [-0.05, 0) is 24.3 Å². The number of rotatable bonds is 2. The first-order valence-electron chi connectivity index (χ1n) is 4.86. The van der Waals surface area contributed by atoms with Crippen LogP contribution in [0.2, 0.25) is 0 Å². The maximum absolute atomic E-state index is 12.3. The van der Waals surface area contributed by atoms with E-state index in [-0.39, 0.29) is 0 Å². The minimum absolute atomic E-state index is 0.524. The number of alkyl halides is 3. The SMILES string of the molecule is O=CC1NC=CN1c1ccc(C(F)(F)F)cc1. The van der Waals surface area contributed by atoms with E-state index < -0.39 is 17.9 Å². The Bertz CT molecular complexity index is 439. The smallest absolute Gasteiger partial charge is 0.364 e. The average molecular weight is 242 g/mol. The van der Waals surface area contributed by atoms with Gasteiger partial charge in [-0.15, -0.1) is 0 Å². The maximum atomic E-state index is 12.3. The van der Waals surface area contributed by atoms with Crippen molar-refractivity contribution in [1.29, 1.82) is 0 Å². The predicted molar refractivity (Wildman–Crippen MR) is 56.1 cm³/mol. The van der Waals surface area contributed by atoms with E-state index in [1.54, 1.807) is 17.3 Å². The topological polar surface area (TPSA) is 32.3 Å². The third kappa shape index (κ3) is 2.25. The highest BCUT2D eigenvalue weighted by Gasteiger charge is 2.30. The molecule has 1 heterocycles. The van der Waals surface area contributed by atoms with Gasteiger partial charge in [0.2, 0.25) is 0 Å². The third-order valence-electron chi connectivity index (χ3n) is 2.42. The number of benzene rings is 1. The summed E-state index contributed by atoms with van der Waals surface area (Å²) in [4.78, 5) is 12.2. The van der Waals surface area contributed by atoms with Gasteiger partial charge in [0, 0.05) is 18.1 Å². The highest BCUT2D eigenvalue weighted by molar-refractivity contribution is 5.69. The van der Waals surface area contributed by atoms with E-state index >= 15 is 0 Å². The van der Waals surface area contributed by atoms with Crippen molar-refractivity contribution >= 4 is 12.0 Å². The Morgan fingerprint density at radius 1 is 1.24 bits per heavy atom. The summed E-state index contributed by atoms with van der Waals surface area (Å²) in [5.41, 5.74) is -0.184. The fourth-order valence-corrected chi connectivity index (χ4v) is 1.57. The van der Waals surface area contributed by atoms with E-state index in [0.29, 0.717) is 12.0 Å². The molecule has 2 rings (SSSR count). The van der Waals surface area contributed by atoms with Crippen LogP contribution in [0.1, 0.15) is 5.56 Å². The summed E-state index contributed by atoms with van der Waals surface area (Å²) < 4.78 is 37.0. The lowest BCUT2D eigenvalue weighted by molar-refractivity contribution is -0.137. The first-order chi connectivity index (χ1) is 8.02. The van der Waals surface area contributed by atoms with Crippen molar-refractivity contribution < 1.29 is 18.0 Å². The number of carbonyl (C=O) groups is 1. The van der Waals surface area contributed by atoms with Crippen LogP contribution < -0.4 is 10.2 Å². The van der Waals surface area contributed by atoms with Gasteiger partial charge in [0.15, 0.2) is 12.5 Å². The number of aldehydes is 1. The fraction of sp³-hybridized carbons (Fsp3) is 0.182. The van der Waals surface area contributed by atoms with E-state index in [2.05, 4.69) is 5.32 Å².